The van der Waals surface area contributed by atoms with Crippen LogP contribution in [0, 0.1) is 0 Å². The van der Waals surface area contributed by atoms with Crippen LogP contribution in [-0.2, 0) is 13.2 Å². The Bertz CT molecular complexity index is 632. The third kappa shape index (κ3) is 5.93. The Hall–Kier alpha value is -2.53. The van der Waals surface area contributed by atoms with Gasteiger partial charge in [0, 0.05) is 24.8 Å². The van der Waals surface area contributed by atoms with Crippen LogP contribution >= 0.6 is 0 Å². The molecule has 0 aromatic heterocycles. The first-order chi connectivity index (χ1) is 11.7. The summed E-state index contributed by atoms with van der Waals surface area (Å²) in [5, 5.41) is 14.5. The molecule has 0 radical (unpaired) electrons. The first-order valence-electron chi connectivity index (χ1n) is 8.09. The van der Waals surface area contributed by atoms with E-state index in [1.807, 2.05) is 61.5 Å². The molecule has 0 saturated heterocycles. The van der Waals surface area contributed by atoms with Crippen molar-refractivity contribution in [2.24, 2.45) is 0 Å². The molecule has 0 fully saturated rings. The van der Waals surface area contributed by atoms with Gasteiger partial charge in [0.15, 0.2) is 0 Å². The van der Waals surface area contributed by atoms with Crippen molar-refractivity contribution in [3.63, 3.8) is 0 Å². The van der Waals surface area contributed by atoms with Crippen LogP contribution in [0.5, 0.6) is 5.75 Å². The van der Waals surface area contributed by atoms with Gasteiger partial charge in [-0.2, -0.15) is 0 Å². The van der Waals surface area contributed by atoms with Gasteiger partial charge in [0.25, 0.3) is 0 Å². The first kappa shape index (κ1) is 17.8. The van der Waals surface area contributed by atoms with Crippen LogP contribution in [0.25, 0.3) is 0 Å². The third-order valence-electron chi connectivity index (χ3n) is 3.59. The smallest absolute Gasteiger partial charge is 0.315 e. The van der Waals surface area contributed by atoms with Gasteiger partial charge in [-0.1, -0.05) is 48.5 Å². The molecule has 1 atom stereocenters. The second-order valence-corrected chi connectivity index (χ2v) is 5.62. The van der Waals surface area contributed by atoms with Gasteiger partial charge >= 0.3 is 6.03 Å². The van der Waals surface area contributed by atoms with Crippen molar-refractivity contribution in [3.05, 3.63) is 65.7 Å². The van der Waals surface area contributed by atoms with Gasteiger partial charge in [0.05, 0.1) is 0 Å². The number of hydrogen-bond acceptors (Lipinski definition) is 3. The second-order valence-electron chi connectivity index (χ2n) is 5.62. The summed E-state index contributed by atoms with van der Waals surface area (Å²) in [6, 6.07) is 17.3. The van der Waals surface area contributed by atoms with Crippen molar-refractivity contribution in [3.8, 4) is 5.75 Å². The number of aliphatic hydroxyl groups is 1. The molecule has 24 heavy (non-hydrogen) atoms. The van der Waals surface area contributed by atoms with Crippen molar-refractivity contribution < 1.29 is 14.6 Å². The van der Waals surface area contributed by atoms with Crippen LogP contribution in [0.2, 0.25) is 0 Å². The summed E-state index contributed by atoms with van der Waals surface area (Å²) >= 11 is 0. The average Bonchev–Trinajstić information content (AvgIpc) is 2.60. The fourth-order valence-electron chi connectivity index (χ4n) is 2.24. The van der Waals surface area contributed by atoms with Crippen LogP contribution in [0.1, 0.15) is 24.5 Å². The molecule has 3 N–H and O–H groups in total. The summed E-state index contributed by atoms with van der Waals surface area (Å²) in [7, 11) is 0. The molecule has 2 aromatic rings. The Kier molecular flexibility index (Phi) is 7.11. The molecule has 0 aliphatic carbocycles. The van der Waals surface area contributed by atoms with Gasteiger partial charge in [-0.3, -0.25) is 0 Å². The van der Waals surface area contributed by atoms with Gasteiger partial charge in [0.2, 0.25) is 0 Å². The van der Waals surface area contributed by atoms with Crippen molar-refractivity contribution in [1.82, 2.24) is 10.6 Å². The molecule has 128 valence electrons. The Morgan fingerprint density at radius 1 is 1.12 bits per heavy atom. The summed E-state index contributed by atoms with van der Waals surface area (Å²) < 4.78 is 5.87. The van der Waals surface area contributed by atoms with Gasteiger partial charge in [-0.15, -0.1) is 0 Å². The molecule has 0 saturated carbocycles. The molecule has 0 spiro atoms. The first-order valence-corrected chi connectivity index (χ1v) is 8.09. The topological polar surface area (TPSA) is 70.6 Å². The third-order valence-corrected chi connectivity index (χ3v) is 3.59. The highest BCUT2D eigenvalue weighted by Crippen LogP contribution is 2.19. The zero-order valence-electron chi connectivity index (χ0n) is 13.9. The predicted molar refractivity (Wildman–Crippen MR) is 93.8 cm³/mol. The molecule has 0 aliphatic heterocycles. The molecular weight excluding hydrogens is 304 g/mol. The molecule has 0 unspecified atom stereocenters. The maximum Gasteiger partial charge on any atom is 0.315 e. The van der Waals surface area contributed by atoms with Crippen molar-refractivity contribution in [1.29, 1.82) is 0 Å². The second kappa shape index (κ2) is 9.57. The SMILES string of the molecule is C[C@H](CCO)NC(=O)NCc1ccccc1OCc1ccccc1. The van der Waals surface area contributed by atoms with E-state index >= 15 is 0 Å². The number of carbonyl (C=O) groups is 1. The number of aliphatic hydroxyl groups excluding tert-OH is 1. The predicted octanol–water partition coefficient (Wildman–Crippen LogP) is 2.84. The molecule has 2 aromatic carbocycles. The number of nitrogens with one attached hydrogen (secondary N) is 2. The summed E-state index contributed by atoms with van der Waals surface area (Å²) in [6.45, 7) is 2.77. The molecule has 0 heterocycles. The number of para-hydroxylation sites is 1. The largest absolute Gasteiger partial charge is 0.489 e. The summed E-state index contributed by atoms with van der Waals surface area (Å²) in [6.07, 6.45) is 0.532. The Morgan fingerprint density at radius 2 is 1.83 bits per heavy atom. The molecule has 2 amide bonds. The van der Waals surface area contributed by atoms with Crippen LogP contribution in [0.4, 0.5) is 4.79 Å². The minimum absolute atomic E-state index is 0.0532. The number of urea groups is 1. The number of benzene rings is 2. The lowest BCUT2D eigenvalue weighted by molar-refractivity contribution is 0.230. The Morgan fingerprint density at radius 3 is 2.58 bits per heavy atom. The van der Waals surface area contributed by atoms with Gasteiger partial charge in [-0.25, -0.2) is 4.79 Å². The number of amides is 2. The van der Waals surface area contributed by atoms with Crippen LogP contribution in [0.3, 0.4) is 0 Å². The lowest BCUT2D eigenvalue weighted by atomic mass is 10.2. The highest BCUT2D eigenvalue weighted by Gasteiger charge is 2.08. The van der Waals surface area contributed by atoms with Crippen molar-refractivity contribution in [2.45, 2.75) is 32.5 Å². The summed E-state index contributed by atoms with van der Waals surface area (Å²) in [5.41, 5.74) is 2.01. The molecule has 0 aliphatic rings. The molecular formula is C19H24N2O3. The lowest BCUT2D eigenvalue weighted by Gasteiger charge is -2.15. The number of carbonyl (C=O) groups excluding carboxylic acids is 1. The zero-order chi connectivity index (χ0) is 17.2. The summed E-state index contributed by atoms with van der Waals surface area (Å²) in [4.78, 5) is 11.8. The fraction of sp³-hybridized carbons (Fsp3) is 0.316. The highest BCUT2D eigenvalue weighted by atomic mass is 16.5. The van der Waals surface area contributed by atoms with E-state index in [4.69, 9.17) is 9.84 Å². The minimum atomic E-state index is -0.256. The van der Waals surface area contributed by atoms with E-state index in [0.717, 1.165) is 16.9 Å². The van der Waals surface area contributed by atoms with Gasteiger partial charge in [0.1, 0.15) is 12.4 Å². The number of rotatable bonds is 8. The van der Waals surface area contributed by atoms with E-state index in [1.54, 1.807) is 0 Å². The maximum atomic E-state index is 11.8. The number of ether oxygens (including phenoxy) is 1. The quantitative estimate of drug-likeness (QED) is 0.698. The molecule has 5 heteroatoms. The van der Waals surface area contributed by atoms with Gasteiger partial charge < -0.3 is 20.5 Å². The molecule has 2 rings (SSSR count). The van der Waals surface area contributed by atoms with Crippen molar-refractivity contribution >= 4 is 6.03 Å². The number of hydrogen-bond donors (Lipinski definition) is 3. The van der Waals surface area contributed by atoms with Gasteiger partial charge in [-0.05, 0) is 25.0 Å². The van der Waals surface area contributed by atoms with E-state index in [-0.39, 0.29) is 18.7 Å². The van der Waals surface area contributed by atoms with Crippen LogP contribution < -0.4 is 15.4 Å². The fourth-order valence-corrected chi connectivity index (χ4v) is 2.24. The normalized spacial score (nSPS) is 11.6. The average molecular weight is 328 g/mol. The molecule has 5 nitrogen and oxygen atoms in total. The maximum absolute atomic E-state index is 11.8. The lowest BCUT2D eigenvalue weighted by Crippen LogP contribution is -2.40. The zero-order valence-corrected chi connectivity index (χ0v) is 13.9. The van der Waals surface area contributed by atoms with E-state index in [0.29, 0.717) is 19.6 Å². The van der Waals surface area contributed by atoms with Crippen LogP contribution in [-0.4, -0.2) is 23.8 Å². The molecule has 0 bridgehead atoms. The Balaban J connectivity index is 1.88. The van der Waals surface area contributed by atoms with E-state index < -0.39 is 0 Å². The van der Waals surface area contributed by atoms with E-state index in [9.17, 15) is 4.79 Å². The van der Waals surface area contributed by atoms with E-state index in [2.05, 4.69) is 10.6 Å². The summed E-state index contributed by atoms with van der Waals surface area (Å²) in [5.74, 6) is 0.755. The monoisotopic (exact) mass is 328 g/mol. The van der Waals surface area contributed by atoms with E-state index in [1.165, 1.54) is 0 Å². The standard InChI is InChI=1S/C19H24N2O3/c1-15(11-12-22)21-19(23)20-13-17-9-5-6-10-18(17)24-14-16-7-3-2-4-8-16/h2-10,15,22H,11-14H2,1H3,(H2,20,21,23)/t15-/m1/s1. The van der Waals surface area contributed by atoms with Crippen LogP contribution in [0.15, 0.2) is 54.6 Å². The highest BCUT2D eigenvalue weighted by molar-refractivity contribution is 5.74. The Labute approximate surface area is 142 Å². The van der Waals surface area contributed by atoms with Crippen molar-refractivity contribution in [2.75, 3.05) is 6.61 Å². The minimum Gasteiger partial charge on any atom is -0.489 e.